The van der Waals surface area contributed by atoms with Crippen molar-refractivity contribution in [1.82, 2.24) is 24.3 Å². The molecule has 0 bridgehead atoms. The van der Waals surface area contributed by atoms with Crippen molar-refractivity contribution in [2.24, 2.45) is 0 Å². The van der Waals surface area contributed by atoms with E-state index in [-0.39, 0.29) is 23.2 Å². The summed E-state index contributed by atoms with van der Waals surface area (Å²) in [7, 11) is 0. The molecule has 0 atom stereocenters. The highest BCUT2D eigenvalue weighted by Crippen LogP contribution is 2.35. The van der Waals surface area contributed by atoms with Crippen LogP contribution in [0.5, 0.6) is 0 Å². The van der Waals surface area contributed by atoms with E-state index in [1.165, 1.54) is 16.3 Å². The van der Waals surface area contributed by atoms with Crippen molar-refractivity contribution < 1.29 is 4.79 Å². The summed E-state index contributed by atoms with van der Waals surface area (Å²) in [6.45, 7) is 2.60. The average molecular weight is 412 g/mol. The maximum Gasteiger partial charge on any atom is 0.330 e. The molecule has 1 aliphatic rings. The first-order valence-corrected chi connectivity index (χ1v) is 10.3. The fourth-order valence-corrected chi connectivity index (χ4v) is 4.09. The van der Waals surface area contributed by atoms with Crippen molar-refractivity contribution in [2.45, 2.75) is 37.5 Å². The highest BCUT2D eigenvalue weighted by Gasteiger charge is 2.30. The normalized spacial score (nSPS) is 13.6. The summed E-state index contributed by atoms with van der Waals surface area (Å²) in [6, 6.07) is 9.60. The van der Waals surface area contributed by atoms with Gasteiger partial charge in [-0.1, -0.05) is 42.1 Å². The molecular formula is C19H20N6O3S. The van der Waals surface area contributed by atoms with Crippen molar-refractivity contribution in [3.05, 3.63) is 56.7 Å². The molecule has 1 fully saturated rings. The van der Waals surface area contributed by atoms with Crippen LogP contribution in [0.4, 0.5) is 5.82 Å². The summed E-state index contributed by atoms with van der Waals surface area (Å²) in [5.74, 6) is 0.162. The van der Waals surface area contributed by atoms with Gasteiger partial charge in [-0.25, -0.2) is 4.79 Å². The van der Waals surface area contributed by atoms with Crippen LogP contribution in [0.2, 0.25) is 0 Å². The van der Waals surface area contributed by atoms with Crippen LogP contribution in [-0.2, 0) is 6.54 Å². The third-order valence-electron chi connectivity index (χ3n) is 4.77. The fourth-order valence-electron chi connectivity index (χ4n) is 3.21. The number of anilines is 1. The zero-order valence-electron chi connectivity index (χ0n) is 15.8. The number of rotatable bonds is 7. The Kier molecular flexibility index (Phi) is 5.10. The Bertz CT molecular complexity index is 1180. The van der Waals surface area contributed by atoms with Gasteiger partial charge in [-0.3, -0.25) is 19.1 Å². The molecule has 3 aromatic rings. The largest absolute Gasteiger partial charge is 0.384 e. The van der Waals surface area contributed by atoms with Crippen LogP contribution in [0.1, 0.15) is 36.2 Å². The summed E-state index contributed by atoms with van der Waals surface area (Å²) >= 11 is 1.19. The first-order chi connectivity index (χ1) is 14.0. The van der Waals surface area contributed by atoms with Gasteiger partial charge < -0.3 is 10.3 Å². The van der Waals surface area contributed by atoms with Crippen LogP contribution in [0.15, 0.2) is 45.1 Å². The van der Waals surface area contributed by atoms with E-state index in [1.54, 1.807) is 0 Å². The number of benzene rings is 1. The number of Topliss-reactive ketones (excluding diaryl/α,β-unsaturated/α-hetero) is 1. The number of carbonyl (C=O) groups excluding carboxylic acids is 1. The number of nitrogens with two attached hydrogens (primary N) is 1. The molecule has 0 radical (unpaired) electrons. The van der Waals surface area contributed by atoms with Crippen LogP contribution in [0.25, 0.3) is 11.4 Å². The predicted octanol–water partition coefficient (Wildman–Crippen LogP) is 1.71. The minimum Gasteiger partial charge on any atom is -0.384 e. The Morgan fingerprint density at radius 2 is 1.97 bits per heavy atom. The highest BCUT2D eigenvalue weighted by molar-refractivity contribution is 7.99. The molecule has 0 spiro atoms. The molecule has 2 aromatic heterocycles. The number of aromatic nitrogens is 5. The van der Waals surface area contributed by atoms with Crippen molar-refractivity contribution in [3.8, 4) is 11.4 Å². The standard InChI is InChI=1S/C19H20N6O3S/c1-2-24-16(11-6-4-3-5-7-11)22-23-19(24)29-10-13(26)14-15(20)25(12-8-9-12)18(28)21-17(14)27/h3-7,12H,2,8-10,20H2,1H3,(H,21,27,28). The molecule has 0 amide bonds. The second-order valence-electron chi connectivity index (χ2n) is 6.75. The Morgan fingerprint density at radius 3 is 2.62 bits per heavy atom. The Balaban J connectivity index is 1.59. The number of nitrogens with zero attached hydrogens (tertiary/aromatic N) is 4. The van der Waals surface area contributed by atoms with Crippen molar-refractivity contribution >= 4 is 23.4 Å². The highest BCUT2D eigenvalue weighted by atomic mass is 32.2. The Morgan fingerprint density at radius 1 is 1.24 bits per heavy atom. The van der Waals surface area contributed by atoms with E-state index in [0.29, 0.717) is 17.5 Å². The third kappa shape index (κ3) is 3.63. The van der Waals surface area contributed by atoms with Gasteiger partial charge in [0, 0.05) is 18.2 Å². The minimum atomic E-state index is -0.753. The van der Waals surface area contributed by atoms with E-state index in [9.17, 15) is 14.4 Å². The summed E-state index contributed by atoms with van der Waals surface area (Å²) in [4.78, 5) is 39.2. The predicted molar refractivity (Wildman–Crippen MR) is 110 cm³/mol. The van der Waals surface area contributed by atoms with Gasteiger partial charge in [0.2, 0.25) is 0 Å². The fraction of sp³-hybridized carbons (Fsp3) is 0.316. The number of nitrogen functional groups attached to an aromatic ring is 1. The SMILES string of the molecule is CCn1c(SCC(=O)c2c(N)n(C3CC3)c(=O)[nH]c2=O)nnc1-c1ccccc1. The molecule has 0 unspecified atom stereocenters. The molecule has 2 heterocycles. The van der Waals surface area contributed by atoms with E-state index in [2.05, 4.69) is 15.2 Å². The van der Waals surface area contributed by atoms with Crippen LogP contribution >= 0.6 is 11.8 Å². The first-order valence-electron chi connectivity index (χ1n) is 9.30. The monoisotopic (exact) mass is 412 g/mol. The number of hydrogen-bond donors (Lipinski definition) is 2. The van der Waals surface area contributed by atoms with Crippen LogP contribution in [0, 0.1) is 0 Å². The number of hydrogen-bond acceptors (Lipinski definition) is 7. The van der Waals surface area contributed by atoms with E-state index >= 15 is 0 Å². The molecule has 150 valence electrons. The third-order valence-corrected chi connectivity index (χ3v) is 5.74. The molecule has 0 aliphatic heterocycles. The van der Waals surface area contributed by atoms with Crippen LogP contribution in [-0.4, -0.2) is 35.9 Å². The average Bonchev–Trinajstić information content (AvgIpc) is 3.44. The quantitative estimate of drug-likeness (QED) is 0.446. The van der Waals surface area contributed by atoms with E-state index < -0.39 is 17.0 Å². The topological polar surface area (TPSA) is 129 Å². The summed E-state index contributed by atoms with van der Waals surface area (Å²) in [5, 5.41) is 9.01. The lowest BCUT2D eigenvalue weighted by atomic mass is 10.2. The molecule has 3 N–H and O–H groups in total. The number of carbonyl (C=O) groups is 1. The number of ketones is 1. The van der Waals surface area contributed by atoms with Crippen molar-refractivity contribution in [1.29, 1.82) is 0 Å². The van der Waals surface area contributed by atoms with E-state index in [4.69, 9.17) is 5.73 Å². The molecule has 4 rings (SSSR count). The maximum atomic E-state index is 12.7. The number of aromatic amines is 1. The molecule has 1 saturated carbocycles. The zero-order chi connectivity index (χ0) is 20.5. The van der Waals surface area contributed by atoms with Gasteiger partial charge in [-0.05, 0) is 19.8 Å². The Hall–Kier alpha value is -3.14. The van der Waals surface area contributed by atoms with E-state index in [1.807, 2.05) is 41.8 Å². The van der Waals surface area contributed by atoms with Crippen LogP contribution < -0.4 is 17.0 Å². The van der Waals surface area contributed by atoms with Crippen LogP contribution in [0.3, 0.4) is 0 Å². The van der Waals surface area contributed by atoms with Gasteiger partial charge in [0.25, 0.3) is 5.56 Å². The first kappa shape index (κ1) is 19.2. The second-order valence-corrected chi connectivity index (χ2v) is 7.69. The van der Waals surface area contributed by atoms with Gasteiger partial charge in [0.1, 0.15) is 11.4 Å². The lowest BCUT2D eigenvalue weighted by molar-refractivity contribution is 0.102. The maximum absolute atomic E-state index is 12.7. The molecular weight excluding hydrogens is 392 g/mol. The number of nitrogens with one attached hydrogen (secondary N) is 1. The van der Waals surface area contributed by atoms with Gasteiger partial charge in [-0.15, -0.1) is 10.2 Å². The smallest absolute Gasteiger partial charge is 0.330 e. The molecule has 1 aliphatic carbocycles. The zero-order valence-corrected chi connectivity index (χ0v) is 16.6. The van der Waals surface area contributed by atoms with Gasteiger partial charge in [0.15, 0.2) is 16.8 Å². The van der Waals surface area contributed by atoms with Gasteiger partial charge in [0.05, 0.1) is 5.75 Å². The molecule has 1 aromatic carbocycles. The Labute approximate surface area is 170 Å². The van der Waals surface area contributed by atoms with Gasteiger partial charge in [-0.2, -0.15) is 0 Å². The number of H-pyrrole nitrogens is 1. The lowest BCUT2D eigenvalue weighted by Crippen LogP contribution is -2.36. The molecule has 10 heteroatoms. The van der Waals surface area contributed by atoms with Gasteiger partial charge >= 0.3 is 5.69 Å². The molecule has 9 nitrogen and oxygen atoms in total. The second kappa shape index (κ2) is 7.70. The number of thioether (sulfide) groups is 1. The summed E-state index contributed by atoms with van der Waals surface area (Å²) < 4.78 is 3.22. The summed E-state index contributed by atoms with van der Waals surface area (Å²) in [6.07, 6.45) is 1.61. The van der Waals surface area contributed by atoms with Crippen molar-refractivity contribution in [2.75, 3.05) is 11.5 Å². The summed E-state index contributed by atoms with van der Waals surface area (Å²) in [5.41, 5.74) is 5.44. The van der Waals surface area contributed by atoms with Crippen molar-refractivity contribution in [3.63, 3.8) is 0 Å². The minimum absolute atomic E-state index is 0.0386. The van der Waals surface area contributed by atoms with E-state index in [0.717, 1.165) is 18.4 Å². The lowest BCUT2D eigenvalue weighted by Gasteiger charge is -2.11. The molecule has 0 saturated heterocycles. The molecule has 29 heavy (non-hydrogen) atoms.